The molecule has 0 saturated carbocycles. The lowest BCUT2D eigenvalue weighted by Gasteiger charge is -2.35. The van der Waals surface area contributed by atoms with E-state index in [0.717, 1.165) is 18.1 Å². The SMILES string of the molecule is CNC(=O)NCC1COCCN1Cc1coc(C(C)(C)C)n1. The monoisotopic (exact) mass is 310 g/mol. The van der Waals surface area contributed by atoms with Gasteiger partial charge in [-0.25, -0.2) is 9.78 Å². The quantitative estimate of drug-likeness (QED) is 0.870. The van der Waals surface area contributed by atoms with Gasteiger partial charge in [0, 0.05) is 32.1 Å². The lowest BCUT2D eigenvalue weighted by atomic mass is 9.97. The van der Waals surface area contributed by atoms with Crippen molar-refractivity contribution in [3.05, 3.63) is 17.8 Å². The van der Waals surface area contributed by atoms with E-state index in [1.165, 1.54) is 0 Å². The zero-order chi connectivity index (χ0) is 16.2. The Kier molecular flexibility index (Phi) is 5.42. The predicted octanol–water partition coefficient (Wildman–Crippen LogP) is 1.10. The average molecular weight is 310 g/mol. The molecule has 1 atom stereocenters. The van der Waals surface area contributed by atoms with E-state index in [4.69, 9.17) is 9.15 Å². The third kappa shape index (κ3) is 4.45. The number of nitrogens with zero attached hydrogens (tertiary/aromatic N) is 2. The third-order valence-corrected chi connectivity index (χ3v) is 3.63. The number of urea groups is 1. The summed E-state index contributed by atoms with van der Waals surface area (Å²) in [7, 11) is 1.61. The van der Waals surface area contributed by atoms with E-state index in [-0.39, 0.29) is 17.5 Å². The maximum Gasteiger partial charge on any atom is 0.314 e. The molecule has 2 amide bonds. The lowest BCUT2D eigenvalue weighted by molar-refractivity contribution is -0.0105. The van der Waals surface area contributed by atoms with Crippen LogP contribution in [0.25, 0.3) is 0 Å². The van der Waals surface area contributed by atoms with Crippen molar-refractivity contribution < 1.29 is 13.9 Å². The number of ether oxygens (including phenoxy) is 1. The molecule has 1 aliphatic rings. The first-order chi connectivity index (χ1) is 10.4. The average Bonchev–Trinajstić information content (AvgIpc) is 2.94. The largest absolute Gasteiger partial charge is 0.448 e. The molecule has 7 heteroatoms. The van der Waals surface area contributed by atoms with E-state index in [1.807, 2.05) is 0 Å². The molecule has 1 aromatic rings. The topological polar surface area (TPSA) is 79.6 Å². The molecule has 1 unspecified atom stereocenters. The first kappa shape index (κ1) is 16.8. The number of nitrogens with one attached hydrogen (secondary N) is 2. The summed E-state index contributed by atoms with van der Waals surface area (Å²) < 4.78 is 11.1. The summed E-state index contributed by atoms with van der Waals surface area (Å²) in [6.07, 6.45) is 1.72. The minimum absolute atomic E-state index is 0.0938. The van der Waals surface area contributed by atoms with Crippen molar-refractivity contribution in [2.24, 2.45) is 0 Å². The second-order valence-corrected chi connectivity index (χ2v) is 6.55. The molecule has 0 aromatic carbocycles. The Labute approximate surface area is 131 Å². The maximum absolute atomic E-state index is 11.3. The summed E-state index contributed by atoms with van der Waals surface area (Å²) in [5.41, 5.74) is 0.820. The van der Waals surface area contributed by atoms with Crippen LogP contribution < -0.4 is 10.6 Å². The molecule has 22 heavy (non-hydrogen) atoms. The number of oxazole rings is 1. The van der Waals surface area contributed by atoms with Gasteiger partial charge in [0.25, 0.3) is 0 Å². The highest BCUT2D eigenvalue weighted by atomic mass is 16.5. The first-order valence-corrected chi connectivity index (χ1v) is 7.62. The number of carbonyl (C=O) groups is 1. The molecule has 1 saturated heterocycles. The van der Waals surface area contributed by atoms with Crippen molar-refractivity contribution in [3.8, 4) is 0 Å². The smallest absolute Gasteiger partial charge is 0.314 e. The van der Waals surface area contributed by atoms with Crippen LogP contribution in [0.2, 0.25) is 0 Å². The van der Waals surface area contributed by atoms with Crippen LogP contribution >= 0.6 is 0 Å². The summed E-state index contributed by atoms with van der Waals surface area (Å²) in [4.78, 5) is 18.2. The molecule has 0 aliphatic carbocycles. The van der Waals surface area contributed by atoms with E-state index >= 15 is 0 Å². The molecule has 1 aromatic heterocycles. The van der Waals surface area contributed by atoms with Gasteiger partial charge in [-0.3, -0.25) is 4.90 Å². The Morgan fingerprint density at radius 3 is 2.91 bits per heavy atom. The van der Waals surface area contributed by atoms with E-state index in [1.54, 1.807) is 13.3 Å². The Bertz CT molecular complexity index is 495. The highest BCUT2D eigenvalue weighted by Crippen LogP contribution is 2.22. The van der Waals surface area contributed by atoms with Crippen molar-refractivity contribution >= 4 is 6.03 Å². The van der Waals surface area contributed by atoms with E-state index in [0.29, 0.717) is 26.3 Å². The van der Waals surface area contributed by atoms with Gasteiger partial charge in [-0.2, -0.15) is 0 Å². The number of hydrogen-bond donors (Lipinski definition) is 2. The summed E-state index contributed by atoms with van der Waals surface area (Å²) in [5.74, 6) is 0.746. The molecule has 2 heterocycles. The standard InChI is InChI=1S/C15H26N4O3/c1-15(2,3)13-18-11(9-22-13)8-19-5-6-21-10-12(19)7-17-14(20)16-4/h9,12H,5-8,10H2,1-4H3,(H2,16,17,20). The number of hydrogen-bond acceptors (Lipinski definition) is 5. The molecule has 2 N–H and O–H groups in total. The Morgan fingerprint density at radius 2 is 2.27 bits per heavy atom. The molecular weight excluding hydrogens is 284 g/mol. The second-order valence-electron chi connectivity index (χ2n) is 6.55. The fourth-order valence-electron chi connectivity index (χ4n) is 2.32. The highest BCUT2D eigenvalue weighted by Gasteiger charge is 2.26. The minimum atomic E-state index is -0.179. The van der Waals surface area contributed by atoms with Crippen LogP contribution in [0.4, 0.5) is 4.79 Å². The zero-order valence-electron chi connectivity index (χ0n) is 13.8. The van der Waals surface area contributed by atoms with E-state index < -0.39 is 0 Å². The molecule has 1 fully saturated rings. The number of morpholine rings is 1. The normalized spacial score (nSPS) is 19.9. The van der Waals surface area contributed by atoms with Crippen molar-refractivity contribution in [1.82, 2.24) is 20.5 Å². The van der Waals surface area contributed by atoms with Crippen molar-refractivity contribution in [2.45, 2.75) is 38.8 Å². The number of carbonyl (C=O) groups excluding carboxylic acids is 1. The van der Waals surface area contributed by atoms with Crippen LogP contribution in [0.3, 0.4) is 0 Å². The number of rotatable bonds is 4. The minimum Gasteiger partial charge on any atom is -0.448 e. The number of aromatic nitrogens is 1. The van der Waals surface area contributed by atoms with Gasteiger partial charge in [-0.15, -0.1) is 0 Å². The second kappa shape index (κ2) is 7.11. The van der Waals surface area contributed by atoms with Crippen molar-refractivity contribution in [1.29, 1.82) is 0 Å². The van der Waals surface area contributed by atoms with Gasteiger partial charge >= 0.3 is 6.03 Å². The van der Waals surface area contributed by atoms with Gasteiger partial charge in [-0.1, -0.05) is 20.8 Å². The molecule has 7 nitrogen and oxygen atoms in total. The summed E-state index contributed by atoms with van der Waals surface area (Å²) >= 11 is 0. The fraction of sp³-hybridized carbons (Fsp3) is 0.733. The summed E-state index contributed by atoms with van der Waals surface area (Å²) in [5, 5.41) is 5.38. The van der Waals surface area contributed by atoms with Crippen LogP contribution in [-0.2, 0) is 16.7 Å². The highest BCUT2D eigenvalue weighted by molar-refractivity contribution is 5.73. The van der Waals surface area contributed by atoms with Gasteiger partial charge in [0.2, 0.25) is 0 Å². The van der Waals surface area contributed by atoms with Crippen LogP contribution in [0.5, 0.6) is 0 Å². The fourth-order valence-corrected chi connectivity index (χ4v) is 2.32. The molecule has 1 aliphatic heterocycles. The maximum atomic E-state index is 11.3. The molecule has 0 spiro atoms. The van der Waals surface area contributed by atoms with Gasteiger partial charge in [0.1, 0.15) is 6.26 Å². The van der Waals surface area contributed by atoms with Crippen LogP contribution in [0.15, 0.2) is 10.7 Å². The van der Waals surface area contributed by atoms with E-state index in [2.05, 4.69) is 41.3 Å². The molecular formula is C15H26N4O3. The third-order valence-electron chi connectivity index (χ3n) is 3.63. The van der Waals surface area contributed by atoms with E-state index in [9.17, 15) is 4.79 Å². The lowest BCUT2D eigenvalue weighted by Crippen LogP contribution is -2.51. The summed E-state index contributed by atoms with van der Waals surface area (Å²) in [6.45, 7) is 9.59. The Balaban J connectivity index is 1.96. The molecule has 0 radical (unpaired) electrons. The van der Waals surface area contributed by atoms with Crippen LogP contribution in [0, 0.1) is 0 Å². The predicted molar refractivity (Wildman–Crippen MR) is 82.7 cm³/mol. The molecule has 124 valence electrons. The van der Waals surface area contributed by atoms with Crippen molar-refractivity contribution in [3.63, 3.8) is 0 Å². The Hall–Kier alpha value is -1.60. The van der Waals surface area contributed by atoms with Gasteiger partial charge in [-0.05, 0) is 0 Å². The number of amides is 2. The van der Waals surface area contributed by atoms with Gasteiger partial charge < -0.3 is 19.8 Å². The Morgan fingerprint density at radius 1 is 1.50 bits per heavy atom. The van der Waals surface area contributed by atoms with Crippen LogP contribution in [-0.4, -0.2) is 55.3 Å². The first-order valence-electron chi connectivity index (χ1n) is 7.62. The molecule has 2 rings (SSSR count). The van der Waals surface area contributed by atoms with Gasteiger partial charge in [0.05, 0.1) is 24.9 Å². The van der Waals surface area contributed by atoms with Crippen molar-refractivity contribution in [2.75, 3.05) is 33.4 Å². The molecule has 0 bridgehead atoms. The summed E-state index contributed by atoms with van der Waals surface area (Å²) in [6, 6.07) is -0.0391. The van der Waals surface area contributed by atoms with Crippen LogP contribution in [0.1, 0.15) is 32.4 Å². The zero-order valence-corrected chi connectivity index (χ0v) is 13.8. The van der Waals surface area contributed by atoms with Gasteiger partial charge in [0.15, 0.2) is 5.89 Å².